The van der Waals surface area contributed by atoms with Crippen LogP contribution in [-0.2, 0) is 0 Å². The number of nitrogens with zero attached hydrogens (tertiary/aromatic N) is 3. The molecule has 12 nitrogen and oxygen atoms in total. The summed E-state index contributed by atoms with van der Waals surface area (Å²) in [7, 11) is 0. The van der Waals surface area contributed by atoms with Crippen molar-refractivity contribution in [2.24, 2.45) is 5.73 Å². The van der Waals surface area contributed by atoms with Crippen molar-refractivity contribution in [2.75, 3.05) is 13.1 Å². The van der Waals surface area contributed by atoms with Crippen LogP contribution in [0.4, 0.5) is 4.79 Å². The van der Waals surface area contributed by atoms with Crippen LogP contribution in [0.15, 0.2) is 79.8 Å². The van der Waals surface area contributed by atoms with E-state index < -0.39 is 11.8 Å². The van der Waals surface area contributed by atoms with Gasteiger partial charge in [-0.15, -0.1) is 15.3 Å². The van der Waals surface area contributed by atoms with E-state index in [-0.39, 0.29) is 17.6 Å². The molecule has 0 radical (unpaired) electrons. The molecule has 1 aliphatic carbocycles. The minimum Gasteiger partial charge on any atom is -0.416 e. The van der Waals surface area contributed by atoms with E-state index in [0.717, 1.165) is 24.0 Å². The highest BCUT2D eigenvalue weighted by atomic mass is 16.4. The van der Waals surface area contributed by atoms with Gasteiger partial charge in [0.25, 0.3) is 5.89 Å². The summed E-state index contributed by atoms with van der Waals surface area (Å²) in [5.41, 5.74) is 9.56. The zero-order chi connectivity index (χ0) is 26.2. The van der Waals surface area contributed by atoms with Crippen molar-refractivity contribution >= 4 is 22.8 Å². The number of aromatic amines is 1. The molecule has 2 amide bonds. The fourth-order valence-electron chi connectivity index (χ4n) is 3.82. The molecular formula is C25H28N8O4. The molecule has 0 aromatic carbocycles. The third-order valence-corrected chi connectivity index (χ3v) is 5.49. The third-order valence-electron chi connectivity index (χ3n) is 5.49. The fourth-order valence-corrected chi connectivity index (χ4v) is 3.82. The molecule has 192 valence electrons. The van der Waals surface area contributed by atoms with Crippen LogP contribution in [-0.4, -0.2) is 39.5 Å². The maximum Gasteiger partial charge on any atom is 0.434 e. The average molecular weight is 505 g/mol. The number of nitrogens with two attached hydrogens (primary N) is 1. The van der Waals surface area contributed by atoms with Gasteiger partial charge in [-0.2, -0.15) is 0 Å². The van der Waals surface area contributed by atoms with Gasteiger partial charge in [-0.3, -0.25) is 5.32 Å². The summed E-state index contributed by atoms with van der Waals surface area (Å²) in [5.74, 6) is 0.149. The number of nitrogens with one attached hydrogen (secondary N) is 4. The first kappa shape index (κ1) is 25.2. The van der Waals surface area contributed by atoms with Crippen molar-refractivity contribution in [3.05, 3.63) is 94.4 Å². The van der Waals surface area contributed by atoms with Gasteiger partial charge in [0, 0.05) is 30.4 Å². The first-order valence-corrected chi connectivity index (χ1v) is 11.8. The summed E-state index contributed by atoms with van der Waals surface area (Å²) in [4.78, 5) is 23.5. The van der Waals surface area contributed by atoms with Gasteiger partial charge in [-0.05, 0) is 49.5 Å². The molecule has 0 saturated heterocycles. The molecular weight excluding hydrogens is 476 g/mol. The molecule has 37 heavy (non-hydrogen) atoms. The van der Waals surface area contributed by atoms with Gasteiger partial charge in [0.15, 0.2) is 0 Å². The molecule has 1 aliphatic heterocycles. The Morgan fingerprint density at radius 2 is 2.11 bits per heavy atom. The van der Waals surface area contributed by atoms with Crippen LogP contribution in [0.5, 0.6) is 0 Å². The third kappa shape index (κ3) is 6.23. The topological polar surface area (TPSA) is 177 Å². The minimum atomic E-state index is -0.660. The van der Waals surface area contributed by atoms with Crippen molar-refractivity contribution in [3.63, 3.8) is 0 Å². The zero-order valence-corrected chi connectivity index (χ0v) is 20.3. The van der Waals surface area contributed by atoms with Gasteiger partial charge in [0.1, 0.15) is 5.82 Å². The Kier molecular flexibility index (Phi) is 7.98. The van der Waals surface area contributed by atoms with Crippen molar-refractivity contribution < 1.29 is 13.6 Å². The van der Waals surface area contributed by atoms with E-state index in [1.807, 2.05) is 18.2 Å². The molecule has 0 bridgehead atoms. The quantitative estimate of drug-likeness (QED) is 0.338. The fraction of sp³-hybridized carbons (Fsp3) is 0.240. The van der Waals surface area contributed by atoms with Crippen LogP contribution in [0, 0.1) is 0 Å². The highest BCUT2D eigenvalue weighted by Gasteiger charge is 2.21. The highest BCUT2D eigenvalue weighted by molar-refractivity contribution is 5.83. The lowest BCUT2D eigenvalue weighted by atomic mass is 9.95. The number of hydrogen-bond acceptors (Lipinski definition) is 9. The molecule has 0 spiro atoms. The van der Waals surface area contributed by atoms with Crippen molar-refractivity contribution in [1.29, 1.82) is 0 Å². The summed E-state index contributed by atoms with van der Waals surface area (Å²) in [6.07, 6.45) is 14.9. The molecule has 2 aliphatic rings. The van der Waals surface area contributed by atoms with Gasteiger partial charge < -0.3 is 25.2 Å². The Morgan fingerprint density at radius 1 is 1.24 bits per heavy atom. The number of amides is 2. The Balaban J connectivity index is 1.81. The first-order chi connectivity index (χ1) is 18.0. The van der Waals surface area contributed by atoms with Crippen LogP contribution >= 0.6 is 0 Å². The molecule has 0 fully saturated rings. The molecule has 6 N–H and O–H groups in total. The average Bonchev–Trinajstić information content (AvgIpc) is 3.49. The zero-order valence-electron chi connectivity index (χ0n) is 20.3. The van der Waals surface area contributed by atoms with Gasteiger partial charge in [0.2, 0.25) is 11.8 Å². The predicted molar refractivity (Wildman–Crippen MR) is 138 cm³/mol. The van der Waals surface area contributed by atoms with Crippen LogP contribution in [0.2, 0.25) is 0 Å². The van der Waals surface area contributed by atoms with E-state index in [4.69, 9.17) is 14.6 Å². The van der Waals surface area contributed by atoms with E-state index in [0.29, 0.717) is 42.1 Å². The summed E-state index contributed by atoms with van der Waals surface area (Å²) in [6.45, 7) is 6.82. The molecule has 0 unspecified atom stereocenters. The monoisotopic (exact) mass is 504 g/mol. The van der Waals surface area contributed by atoms with Crippen LogP contribution < -0.4 is 27.4 Å². The molecule has 2 aromatic rings. The van der Waals surface area contributed by atoms with Crippen LogP contribution in [0.3, 0.4) is 0 Å². The lowest BCUT2D eigenvalue weighted by Gasteiger charge is -2.12. The van der Waals surface area contributed by atoms with E-state index in [9.17, 15) is 9.59 Å². The number of aromatic nitrogens is 4. The van der Waals surface area contributed by atoms with E-state index in [1.54, 1.807) is 25.3 Å². The SMILES string of the molecule is C=C/C(C1=CC(c2n[nH]c(=O)o2)=CNCC1)=C(\C=C(/N)NC(=O)NCC)c1nnc(C2=CC=CCC2)o1. The minimum absolute atomic E-state index is 0.0706. The Labute approximate surface area is 212 Å². The first-order valence-electron chi connectivity index (χ1n) is 11.8. The Hall–Kier alpha value is -4.87. The van der Waals surface area contributed by atoms with E-state index >= 15 is 0 Å². The lowest BCUT2D eigenvalue weighted by Crippen LogP contribution is -2.37. The van der Waals surface area contributed by atoms with Crippen LogP contribution in [0.1, 0.15) is 43.9 Å². The van der Waals surface area contributed by atoms with Gasteiger partial charge in [-0.1, -0.05) is 30.9 Å². The number of rotatable bonds is 8. The molecule has 2 aromatic heterocycles. The van der Waals surface area contributed by atoms with Crippen molar-refractivity contribution in [3.8, 4) is 0 Å². The maximum absolute atomic E-state index is 12.1. The number of allylic oxidation sites excluding steroid dienone is 10. The van der Waals surface area contributed by atoms with Gasteiger partial charge >= 0.3 is 11.8 Å². The predicted octanol–water partition coefficient (Wildman–Crippen LogP) is 2.50. The molecule has 0 saturated carbocycles. The van der Waals surface area contributed by atoms with Crippen molar-refractivity contribution in [1.82, 2.24) is 36.3 Å². The Bertz CT molecular complexity index is 1410. The molecule has 0 atom stereocenters. The normalized spacial score (nSPS) is 16.5. The summed E-state index contributed by atoms with van der Waals surface area (Å²) < 4.78 is 11.2. The largest absolute Gasteiger partial charge is 0.434 e. The summed E-state index contributed by atoms with van der Waals surface area (Å²) >= 11 is 0. The maximum atomic E-state index is 12.1. The lowest BCUT2D eigenvalue weighted by molar-refractivity contribution is 0.244. The van der Waals surface area contributed by atoms with Gasteiger partial charge in [0.05, 0.1) is 5.57 Å². The number of hydrogen-bond donors (Lipinski definition) is 5. The van der Waals surface area contributed by atoms with E-state index in [1.165, 1.54) is 0 Å². The van der Waals surface area contributed by atoms with E-state index in [2.05, 4.69) is 49.0 Å². The highest BCUT2D eigenvalue weighted by Crippen LogP contribution is 2.32. The molecule has 4 rings (SSSR count). The number of carbonyl (C=O) groups is 1. The second kappa shape index (κ2) is 11.7. The standard InChI is InChI=1S/C25H28N8O4/c1-3-18(16-10-11-27-14-17(12-16)22-31-33-25(35)37-22)19(13-20(26)29-24(34)28-4-2)23-32-30-21(36-23)15-8-6-5-7-9-15/h3,5-6,8,12-14,27H,1,4,7,9-11,26H2,2H3,(H,33,35)(H2,28,29,34)/b19-18-,20-13+. The number of carbonyl (C=O) groups excluding carboxylic acids is 1. The summed E-state index contributed by atoms with van der Waals surface area (Å²) in [5, 5.41) is 23.1. The smallest absolute Gasteiger partial charge is 0.416 e. The number of urea groups is 1. The molecule has 3 heterocycles. The summed E-state index contributed by atoms with van der Waals surface area (Å²) in [6, 6.07) is -0.446. The second-order valence-corrected chi connectivity index (χ2v) is 8.08. The van der Waals surface area contributed by atoms with Crippen molar-refractivity contribution in [2.45, 2.75) is 26.2 Å². The number of H-pyrrole nitrogens is 1. The van der Waals surface area contributed by atoms with Crippen LogP contribution in [0.25, 0.3) is 16.7 Å². The van der Waals surface area contributed by atoms with Gasteiger partial charge in [-0.25, -0.2) is 14.7 Å². The second-order valence-electron chi connectivity index (χ2n) is 8.08. The Morgan fingerprint density at radius 3 is 2.81 bits per heavy atom. The molecule has 12 heteroatoms.